The predicted molar refractivity (Wildman–Crippen MR) is 98.2 cm³/mol. The number of aromatic nitrogens is 1. The number of rotatable bonds is 3. The van der Waals surface area contributed by atoms with Crippen molar-refractivity contribution < 1.29 is 18.6 Å². The van der Waals surface area contributed by atoms with E-state index in [1.807, 2.05) is 0 Å². The van der Waals surface area contributed by atoms with E-state index in [0.717, 1.165) is 11.3 Å². The molecule has 7 nitrogen and oxygen atoms in total. The lowest BCUT2D eigenvalue weighted by atomic mass is 9.99. The summed E-state index contributed by atoms with van der Waals surface area (Å²) in [5, 5.41) is 15.2. The largest absolute Gasteiger partial charge is 0.356 e. The summed E-state index contributed by atoms with van der Waals surface area (Å²) in [5.74, 6) is -0.128. The van der Waals surface area contributed by atoms with Gasteiger partial charge in [0.2, 0.25) is 0 Å². The van der Waals surface area contributed by atoms with Crippen LogP contribution in [0.2, 0.25) is 0 Å². The fraction of sp³-hybridized carbons (Fsp3) is 0.200. The Kier molecular flexibility index (Phi) is 4.38. The zero-order valence-corrected chi connectivity index (χ0v) is 15.0. The number of halogens is 1. The molecular formula is C20H16FN3O4. The maximum atomic E-state index is 13.2. The molecule has 3 aromatic rings. The van der Waals surface area contributed by atoms with E-state index in [-0.39, 0.29) is 24.0 Å². The van der Waals surface area contributed by atoms with Crippen molar-refractivity contribution in [3.8, 4) is 11.3 Å². The van der Waals surface area contributed by atoms with Crippen molar-refractivity contribution in [3.63, 3.8) is 0 Å². The first-order valence-electron chi connectivity index (χ1n) is 8.72. The van der Waals surface area contributed by atoms with E-state index in [9.17, 15) is 19.3 Å². The first-order chi connectivity index (χ1) is 13.5. The molecule has 0 unspecified atom stereocenters. The smallest absolute Gasteiger partial charge is 0.273 e. The fourth-order valence-corrected chi connectivity index (χ4v) is 3.44. The van der Waals surface area contributed by atoms with E-state index in [2.05, 4.69) is 5.16 Å². The molecule has 8 heteroatoms. The van der Waals surface area contributed by atoms with E-state index in [4.69, 9.17) is 4.52 Å². The van der Waals surface area contributed by atoms with E-state index in [0.29, 0.717) is 35.4 Å². The Bertz CT molecular complexity index is 1080. The van der Waals surface area contributed by atoms with Gasteiger partial charge in [-0.05, 0) is 37.3 Å². The van der Waals surface area contributed by atoms with Gasteiger partial charge in [0.1, 0.15) is 5.82 Å². The number of hydrogen-bond donors (Lipinski definition) is 0. The van der Waals surface area contributed by atoms with Crippen molar-refractivity contribution in [1.29, 1.82) is 0 Å². The number of carbonyl (C=O) groups is 1. The molecule has 1 amide bonds. The lowest BCUT2D eigenvalue weighted by Crippen LogP contribution is -2.36. The summed E-state index contributed by atoms with van der Waals surface area (Å²) >= 11 is 0. The van der Waals surface area contributed by atoms with Crippen molar-refractivity contribution in [2.45, 2.75) is 19.9 Å². The van der Waals surface area contributed by atoms with Crippen LogP contribution in [-0.4, -0.2) is 27.4 Å². The minimum Gasteiger partial charge on any atom is -0.356 e. The summed E-state index contributed by atoms with van der Waals surface area (Å²) in [6.45, 7) is 2.28. The zero-order valence-electron chi connectivity index (χ0n) is 15.0. The van der Waals surface area contributed by atoms with Gasteiger partial charge in [0.15, 0.2) is 5.76 Å². The van der Waals surface area contributed by atoms with Crippen LogP contribution in [0.4, 0.5) is 10.1 Å². The predicted octanol–water partition coefficient (Wildman–Crippen LogP) is 3.90. The molecule has 2 aromatic carbocycles. The van der Waals surface area contributed by atoms with Crippen molar-refractivity contribution >= 4 is 11.6 Å². The molecule has 4 rings (SSSR count). The lowest BCUT2D eigenvalue weighted by Gasteiger charge is -2.27. The average molecular weight is 381 g/mol. The standard InChI is InChI=1S/C20H16FN3O4/c1-12-15(3-2-4-18(12)24(26)27)20(25)23-10-9-17-16(11-23)19(28-22-17)13-5-7-14(21)8-6-13/h2-8H,9-11H2,1H3. The third kappa shape index (κ3) is 3.02. The molecule has 0 N–H and O–H groups in total. The van der Waals surface area contributed by atoms with E-state index >= 15 is 0 Å². The van der Waals surface area contributed by atoms with E-state index in [1.54, 1.807) is 30.0 Å². The molecule has 0 radical (unpaired) electrons. The Morgan fingerprint density at radius 1 is 1.25 bits per heavy atom. The number of nitrogens with zero attached hydrogens (tertiary/aromatic N) is 3. The quantitative estimate of drug-likeness (QED) is 0.507. The highest BCUT2D eigenvalue weighted by atomic mass is 19.1. The van der Waals surface area contributed by atoms with Crippen LogP contribution >= 0.6 is 0 Å². The Balaban J connectivity index is 1.65. The molecule has 28 heavy (non-hydrogen) atoms. The van der Waals surface area contributed by atoms with Gasteiger partial charge in [-0.25, -0.2) is 4.39 Å². The molecule has 0 saturated heterocycles. The lowest BCUT2D eigenvalue weighted by molar-refractivity contribution is -0.385. The SMILES string of the molecule is Cc1c(C(=O)N2CCc3noc(-c4ccc(F)cc4)c3C2)cccc1[N+](=O)[O-]. The van der Waals surface area contributed by atoms with Crippen LogP contribution < -0.4 is 0 Å². The Morgan fingerprint density at radius 2 is 2.00 bits per heavy atom. The highest BCUT2D eigenvalue weighted by molar-refractivity contribution is 5.96. The van der Waals surface area contributed by atoms with Crippen LogP contribution in [0.25, 0.3) is 11.3 Å². The summed E-state index contributed by atoms with van der Waals surface area (Å²) in [5.41, 5.74) is 2.77. The van der Waals surface area contributed by atoms with Crippen molar-refractivity contribution in [3.05, 3.63) is 80.8 Å². The van der Waals surface area contributed by atoms with Crippen LogP contribution in [0.15, 0.2) is 47.0 Å². The van der Waals surface area contributed by atoms with Gasteiger partial charge in [-0.2, -0.15) is 0 Å². The topological polar surface area (TPSA) is 89.5 Å². The molecule has 0 saturated carbocycles. The molecule has 1 aliphatic heterocycles. The zero-order chi connectivity index (χ0) is 19.8. The van der Waals surface area contributed by atoms with Gasteiger partial charge in [0, 0.05) is 41.3 Å². The van der Waals surface area contributed by atoms with Gasteiger partial charge in [0.05, 0.1) is 17.2 Å². The fourth-order valence-electron chi connectivity index (χ4n) is 3.44. The number of amides is 1. The monoisotopic (exact) mass is 381 g/mol. The molecule has 1 aromatic heterocycles. The Morgan fingerprint density at radius 3 is 2.71 bits per heavy atom. The number of nitro groups is 1. The first kappa shape index (κ1) is 17.8. The Hall–Kier alpha value is -3.55. The van der Waals surface area contributed by atoms with Gasteiger partial charge < -0.3 is 9.42 Å². The molecule has 142 valence electrons. The van der Waals surface area contributed by atoms with Crippen molar-refractivity contribution in [1.82, 2.24) is 10.1 Å². The number of hydrogen-bond acceptors (Lipinski definition) is 5. The third-order valence-electron chi connectivity index (χ3n) is 4.96. The van der Waals surface area contributed by atoms with Crippen LogP contribution in [0, 0.1) is 22.9 Å². The van der Waals surface area contributed by atoms with Crippen molar-refractivity contribution in [2.75, 3.05) is 6.54 Å². The molecule has 0 fully saturated rings. The van der Waals surface area contributed by atoms with Gasteiger partial charge in [-0.1, -0.05) is 11.2 Å². The van der Waals surface area contributed by atoms with E-state index < -0.39 is 4.92 Å². The summed E-state index contributed by atoms with van der Waals surface area (Å²) in [4.78, 5) is 25.3. The van der Waals surface area contributed by atoms with Crippen LogP contribution in [0.1, 0.15) is 27.2 Å². The molecule has 0 atom stereocenters. The molecule has 2 heterocycles. The first-order valence-corrected chi connectivity index (χ1v) is 8.72. The molecule has 1 aliphatic rings. The Labute approximate surface area is 159 Å². The maximum Gasteiger partial charge on any atom is 0.273 e. The van der Waals surface area contributed by atoms with Crippen LogP contribution in [-0.2, 0) is 13.0 Å². The highest BCUT2D eigenvalue weighted by Crippen LogP contribution is 2.32. The minimum absolute atomic E-state index is 0.0828. The summed E-state index contributed by atoms with van der Waals surface area (Å²) in [7, 11) is 0. The highest BCUT2D eigenvalue weighted by Gasteiger charge is 2.29. The number of fused-ring (bicyclic) bond motifs is 1. The average Bonchev–Trinajstić information content (AvgIpc) is 3.11. The summed E-state index contributed by atoms with van der Waals surface area (Å²) in [6.07, 6.45) is 0.514. The molecular weight excluding hydrogens is 365 g/mol. The summed E-state index contributed by atoms with van der Waals surface area (Å²) in [6, 6.07) is 10.4. The van der Waals surface area contributed by atoms with Crippen molar-refractivity contribution in [2.24, 2.45) is 0 Å². The van der Waals surface area contributed by atoms with E-state index in [1.165, 1.54) is 24.3 Å². The molecule has 0 bridgehead atoms. The minimum atomic E-state index is -0.493. The molecule has 0 spiro atoms. The van der Waals surface area contributed by atoms with Crippen LogP contribution in [0.3, 0.4) is 0 Å². The van der Waals surface area contributed by atoms with Crippen LogP contribution in [0.5, 0.6) is 0 Å². The molecule has 0 aliphatic carbocycles. The van der Waals surface area contributed by atoms with Gasteiger partial charge in [-0.15, -0.1) is 0 Å². The normalized spacial score (nSPS) is 13.3. The number of nitro benzene ring substituents is 1. The third-order valence-corrected chi connectivity index (χ3v) is 4.96. The number of benzene rings is 2. The van der Waals surface area contributed by atoms with Gasteiger partial charge in [-0.3, -0.25) is 14.9 Å². The maximum absolute atomic E-state index is 13.2. The van der Waals surface area contributed by atoms with Gasteiger partial charge >= 0.3 is 0 Å². The number of carbonyl (C=O) groups excluding carboxylic acids is 1. The second kappa shape index (κ2) is 6.88. The summed E-state index contributed by atoms with van der Waals surface area (Å²) < 4.78 is 18.7. The second-order valence-corrected chi connectivity index (χ2v) is 6.63. The second-order valence-electron chi connectivity index (χ2n) is 6.63. The van der Waals surface area contributed by atoms with Gasteiger partial charge in [0.25, 0.3) is 11.6 Å².